The first-order valence-corrected chi connectivity index (χ1v) is 11.0. The molecule has 0 radical (unpaired) electrons. The van der Waals surface area contributed by atoms with E-state index in [-0.39, 0.29) is 18.3 Å². The van der Waals surface area contributed by atoms with E-state index in [0.717, 1.165) is 47.2 Å². The van der Waals surface area contributed by atoms with Crippen molar-refractivity contribution in [3.8, 4) is 5.75 Å². The number of aryl methyl sites for hydroxylation is 1. The van der Waals surface area contributed by atoms with Crippen LogP contribution in [0.1, 0.15) is 36.7 Å². The number of halogens is 1. The highest BCUT2D eigenvalue weighted by molar-refractivity contribution is 7.22. The summed E-state index contributed by atoms with van der Waals surface area (Å²) in [6.07, 6.45) is 0.986. The van der Waals surface area contributed by atoms with E-state index in [4.69, 9.17) is 9.72 Å². The van der Waals surface area contributed by atoms with Crippen molar-refractivity contribution in [1.82, 2.24) is 9.88 Å². The van der Waals surface area contributed by atoms with Gasteiger partial charge in [-0.25, -0.2) is 4.98 Å². The summed E-state index contributed by atoms with van der Waals surface area (Å²) in [5, 5.41) is 0.751. The highest BCUT2D eigenvalue weighted by atomic mass is 35.5. The number of methoxy groups -OCH3 is 1. The number of aromatic nitrogens is 1. The molecular weight excluding hydrogens is 418 g/mol. The fraction of sp³-hybridized carbons (Fsp3) is 0.391. The lowest BCUT2D eigenvalue weighted by atomic mass is 10.2. The van der Waals surface area contributed by atoms with Crippen LogP contribution in [-0.2, 0) is 6.42 Å². The fourth-order valence-corrected chi connectivity index (χ4v) is 4.30. The highest BCUT2D eigenvalue weighted by Crippen LogP contribution is 2.31. The Morgan fingerprint density at radius 3 is 2.33 bits per heavy atom. The first-order valence-electron chi connectivity index (χ1n) is 10.2. The third-order valence-corrected chi connectivity index (χ3v) is 6.24. The minimum atomic E-state index is -0.0328. The van der Waals surface area contributed by atoms with Crippen LogP contribution in [0.5, 0.6) is 5.75 Å². The monoisotopic (exact) mass is 447 g/mol. The van der Waals surface area contributed by atoms with Crippen LogP contribution in [-0.4, -0.2) is 49.1 Å². The zero-order valence-electron chi connectivity index (χ0n) is 18.1. The fourth-order valence-electron chi connectivity index (χ4n) is 3.25. The summed E-state index contributed by atoms with van der Waals surface area (Å²) in [5.74, 6) is 0.706. The standard InChI is InChI=1S/C23H29N3O2S.ClH/c1-5-17-8-13-20-21(16-17)29-23(24-20)26(15-14-25(6-2)7-3)22(27)18-9-11-19(28-4)12-10-18;/h8-13,16H,5-7,14-15H2,1-4H3;1H. The number of fused-ring (bicyclic) bond motifs is 1. The molecule has 162 valence electrons. The first kappa shape index (κ1) is 24.1. The molecule has 0 aliphatic heterocycles. The van der Waals surface area contributed by atoms with Gasteiger partial charge in [0.05, 0.1) is 17.3 Å². The van der Waals surface area contributed by atoms with Crippen molar-refractivity contribution in [2.45, 2.75) is 27.2 Å². The molecule has 7 heteroatoms. The molecule has 30 heavy (non-hydrogen) atoms. The summed E-state index contributed by atoms with van der Waals surface area (Å²) in [7, 11) is 1.62. The number of hydrogen-bond acceptors (Lipinski definition) is 5. The summed E-state index contributed by atoms with van der Waals surface area (Å²) in [6, 6.07) is 13.6. The van der Waals surface area contributed by atoms with Crippen LogP contribution in [0.15, 0.2) is 42.5 Å². The maximum atomic E-state index is 13.4. The number of carbonyl (C=O) groups is 1. The second-order valence-electron chi connectivity index (χ2n) is 6.86. The molecule has 0 fully saturated rings. The molecule has 0 N–H and O–H groups in total. The van der Waals surface area contributed by atoms with Gasteiger partial charge in [-0.15, -0.1) is 12.4 Å². The number of likely N-dealkylation sites (N-methyl/N-ethyl adjacent to an activating group) is 1. The quantitative estimate of drug-likeness (QED) is 0.447. The van der Waals surface area contributed by atoms with Crippen molar-refractivity contribution < 1.29 is 9.53 Å². The Morgan fingerprint density at radius 1 is 1.03 bits per heavy atom. The zero-order valence-corrected chi connectivity index (χ0v) is 19.7. The number of hydrogen-bond donors (Lipinski definition) is 0. The molecule has 2 aromatic carbocycles. The van der Waals surface area contributed by atoms with E-state index in [1.54, 1.807) is 18.4 Å². The molecule has 0 unspecified atom stereocenters. The largest absolute Gasteiger partial charge is 0.497 e. The van der Waals surface area contributed by atoms with Crippen LogP contribution < -0.4 is 9.64 Å². The summed E-state index contributed by atoms with van der Waals surface area (Å²) in [5.41, 5.74) is 2.86. The van der Waals surface area contributed by atoms with Crippen LogP contribution >= 0.6 is 23.7 Å². The number of anilines is 1. The summed E-state index contributed by atoms with van der Waals surface area (Å²) < 4.78 is 6.34. The average molecular weight is 448 g/mol. The number of amides is 1. The molecule has 1 heterocycles. The van der Waals surface area contributed by atoms with Gasteiger partial charge in [0.1, 0.15) is 5.75 Å². The molecule has 1 aromatic heterocycles. The highest BCUT2D eigenvalue weighted by Gasteiger charge is 2.22. The lowest BCUT2D eigenvalue weighted by Gasteiger charge is -2.24. The van der Waals surface area contributed by atoms with E-state index < -0.39 is 0 Å². The van der Waals surface area contributed by atoms with Crippen molar-refractivity contribution in [2.24, 2.45) is 0 Å². The van der Waals surface area contributed by atoms with E-state index in [2.05, 4.69) is 43.9 Å². The Kier molecular flexibility index (Phi) is 9.08. The molecular formula is C23H30ClN3O2S. The van der Waals surface area contributed by atoms with Crippen LogP contribution in [0.4, 0.5) is 5.13 Å². The van der Waals surface area contributed by atoms with Crippen molar-refractivity contribution in [3.63, 3.8) is 0 Å². The van der Waals surface area contributed by atoms with Gasteiger partial charge in [0, 0.05) is 18.7 Å². The number of carbonyl (C=O) groups excluding carboxylic acids is 1. The number of nitrogens with zero attached hydrogens (tertiary/aromatic N) is 3. The van der Waals surface area contributed by atoms with E-state index >= 15 is 0 Å². The molecule has 3 rings (SSSR count). The van der Waals surface area contributed by atoms with E-state index in [1.165, 1.54) is 5.56 Å². The van der Waals surface area contributed by atoms with Gasteiger partial charge in [-0.3, -0.25) is 9.69 Å². The number of benzene rings is 2. The van der Waals surface area contributed by atoms with Crippen LogP contribution in [0.25, 0.3) is 10.2 Å². The summed E-state index contributed by atoms with van der Waals surface area (Å²) in [6.45, 7) is 9.76. The molecule has 1 amide bonds. The maximum Gasteiger partial charge on any atom is 0.260 e. The lowest BCUT2D eigenvalue weighted by molar-refractivity contribution is 0.0983. The Hall–Kier alpha value is -2.15. The molecule has 0 aliphatic carbocycles. The number of ether oxygens (including phenoxy) is 1. The molecule has 0 atom stereocenters. The number of thiazole rings is 1. The van der Waals surface area contributed by atoms with Crippen molar-refractivity contribution in [1.29, 1.82) is 0 Å². The first-order chi connectivity index (χ1) is 14.1. The minimum absolute atomic E-state index is 0. The van der Waals surface area contributed by atoms with Crippen LogP contribution in [0, 0.1) is 0 Å². The molecule has 0 saturated carbocycles. The van der Waals surface area contributed by atoms with Crippen molar-refractivity contribution >= 4 is 45.0 Å². The van der Waals surface area contributed by atoms with E-state index in [9.17, 15) is 4.79 Å². The lowest BCUT2D eigenvalue weighted by Crippen LogP contribution is -2.38. The van der Waals surface area contributed by atoms with Gasteiger partial charge in [-0.2, -0.15) is 0 Å². The smallest absolute Gasteiger partial charge is 0.260 e. The van der Waals surface area contributed by atoms with Crippen LogP contribution in [0.3, 0.4) is 0 Å². The summed E-state index contributed by atoms with van der Waals surface area (Å²) >= 11 is 1.58. The van der Waals surface area contributed by atoms with E-state index in [1.807, 2.05) is 29.2 Å². The number of rotatable bonds is 9. The molecule has 3 aromatic rings. The van der Waals surface area contributed by atoms with Crippen molar-refractivity contribution in [3.05, 3.63) is 53.6 Å². The van der Waals surface area contributed by atoms with Gasteiger partial charge in [0.15, 0.2) is 5.13 Å². The SMILES string of the molecule is CCc1ccc2nc(N(CCN(CC)CC)C(=O)c3ccc(OC)cc3)sc2c1.Cl. The second kappa shape index (κ2) is 11.3. The predicted molar refractivity (Wildman–Crippen MR) is 129 cm³/mol. The van der Waals surface area contributed by atoms with Gasteiger partial charge >= 0.3 is 0 Å². The summed E-state index contributed by atoms with van der Waals surface area (Å²) in [4.78, 5) is 22.3. The minimum Gasteiger partial charge on any atom is -0.497 e. The maximum absolute atomic E-state index is 13.4. The van der Waals surface area contributed by atoms with Gasteiger partial charge in [-0.05, 0) is 61.5 Å². The van der Waals surface area contributed by atoms with Crippen LogP contribution in [0.2, 0.25) is 0 Å². The Bertz CT molecular complexity index is 955. The molecule has 5 nitrogen and oxygen atoms in total. The van der Waals surface area contributed by atoms with Gasteiger partial charge in [-0.1, -0.05) is 38.2 Å². The Labute approximate surface area is 189 Å². The third-order valence-electron chi connectivity index (χ3n) is 5.20. The van der Waals surface area contributed by atoms with Gasteiger partial charge in [0.2, 0.25) is 0 Å². The second-order valence-corrected chi connectivity index (χ2v) is 7.87. The van der Waals surface area contributed by atoms with E-state index in [0.29, 0.717) is 12.1 Å². The topological polar surface area (TPSA) is 45.7 Å². The van der Waals surface area contributed by atoms with Gasteiger partial charge < -0.3 is 9.64 Å². The third kappa shape index (κ3) is 5.50. The molecule has 0 aliphatic rings. The van der Waals surface area contributed by atoms with Crippen molar-refractivity contribution in [2.75, 3.05) is 38.2 Å². The Morgan fingerprint density at radius 2 is 1.73 bits per heavy atom. The molecule has 0 saturated heterocycles. The normalized spacial score (nSPS) is 10.8. The average Bonchev–Trinajstić information content (AvgIpc) is 3.19. The molecule has 0 spiro atoms. The molecule has 0 bridgehead atoms. The Balaban J connectivity index is 0.00000320. The zero-order chi connectivity index (χ0) is 20.8. The predicted octanol–water partition coefficient (Wildman–Crippen LogP) is 5.28. The van der Waals surface area contributed by atoms with Gasteiger partial charge in [0.25, 0.3) is 5.91 Å².